The lowest BCUT2D eigenvalue weighted by atomic mass is 10.1. The van der Waals surface area contributed by atoms with Crippen LogP contribution >= 0.6 is 23.2 Å². The van der Waals surface area contributed by atoms with Gasteiger partial charge >= 0.3 is 5.97 Å². The quantitative estimate of drug-likeness (QED) is 0.335. The van der Waals surface area contributed by atoms with Gasteiger partial charge in [-0.05, 0) is 42.8 Å². The van der Waals surface area contributed by atoms with Gasteiger partial charge < -0.3 is 10.5 Å². The monoisotopic (exact) mass is 481 g/mol. The molecule has 0 amide bonds. The molecule has 0 spiro atoms. The van der Waals surface area contributed by atoms with E-state index in [1.54, 1.807) is 6.07 Å². The number of nitriles is 1. The van der Waals surface area contributed by atoms with Crippen molar-refractivity contribution < 1.29 is 22.7 Å². The van der Waals surface area contributed by atoms with Gasteiger partial charge in [-0.25, -0.2) is 17.9 Å². The SMILES string of the molecule is C/C(N)=C(\C#N)C(=O)COC(=O)c1ccc(CNS(=O)(=O)c2ccc(Cl)c(Cl)c2)cc1. The van der Waals surface area contributed by atoms with Crippen LogP contribution in [-0.4, -0.2) is 26.8 Å². The van der Waals surface area contributed by atoms with Crippen LogP contribution in [0.25, 0.3) is 0 Å². The lowest BCUT2D eigenvalue weighted by Gasteiger charge is -2.09. The van der Waals surface area contributed by atoms with Crippen LogP contribution in [0.5, 0.6) is 0 Å². The third-order valence-corrected chi connectivity index (χ3v) is 6.11. The van der Waals surface area contributed by atoms with Gasteiger partial charge in [0, 0.05) is 12.2 Å². The third-order valence-electron chi connectivity index (χ3n) is 3.98. The van der Waals surface area contributed by atoms with Crippen molar-refractivity contribution >= 4 is 45.0 Å². The summed E-state index contributed by atoms with van der Waals surface area (Å²) in [6, 6.07) is 11.5. The Morgan fingerprint density at radius 2 is 1.77 bits per heavy atom. The number of nitrogens with two attached hydrogens (primary N) is 1. The first kappa shape index (κ1) is 24.4. The molecule has 3 N–H and O–H groups in total. The Bertz CT molecular complexity index is 1180. The minimum absolute atomic E-state index is 0.0368. The minimum Gasteiger partial charge on any atom is -0.454 e. The highest BCUT2D eigenvalue weighted by atomic mass is 35.5. The summed E-state index contributed by atoms with van der Waals surface area (Å²) >= 11 is 11.7. The second-order valence-electron chi connectivity index (χ2n) is 6.27. The zero-order chi connectivity index (χ0) is 23.2. The molecular formula is C20H17Cl2N3O5S. The van der Waals surface area contributed by atoms with Gasteiger partial charge in [-0.2, -0.15) is 5.26 Å². The number of nitrogens with zero attached hydrogens (tertiary/aromatic N) is 1. The molecule has 2 rings (SSSR count). The van der Waals surface area contributed by atoms with Gasteiger partial charge in [-0.15, -0.1) is 0 Å². The Kier molecular flexibility index (Phi) is 8.19. The standard InChI is InChI=1S/C20H17Cl2N3O5S/c1-12(24)16(9-23)19(26)11-30-20(27)14-4-2-13(3-5-14)10-25-31(28,29)15-6-7-17(21)18(22)8-15/h2-8,25H,10-11,24H2,1H3/b16-12-. The molecule has 8 nitrogen and oxygen atoms in total. The molecular weight excluding hydrogens is 465 g/mol. The Morgan fingerprint density at radius 3 is 2.32 bits per heavy atom. The lowest BCUT2D eigenvalue weighted by Crippen LogP contribution is -2.23. The first-order valence-corrected chi connectivity index (χ1v) is 10.9. The van der Waals surface area contributed by atoms with Gasteiger partial charge in [0.05, 0.1) is 20.5 Å². The number of hydrogen-bond acceptors (Lipinski definition) is 7. The van der Waals surface area contributed by atoms with Crippen LogP contribution in [0.1, 0.15) is 22.8 Å². The second-order valence-corrected chi connectivity index (χ2v) is 8.85. The van der Waals surface area contributed by atoms with Gasteiger partial charge in [0.1, 0.15) is 11.6 Å². The maximum Gasteiger partial charge on any atom is 0.338 e. The molecule has 0 saturated carbocycles. The number of ether oxygens (including phenoxy) is 1. The summed E-state index contributed by atoms with van der Waals surface area (Å²) in [5.41, 5.74) is 5.92. The van der Waals surface area contributed by atoms with Crippen molar-refractivity contribution in [2.75, 3.05) is 6.61 Å². The Hall–Kier alpha value is -2.90. The largest absolute Gasteiger partial charge is 0.454 e. The predicted octanol–water partition coefficient (Wildman–Crippen LogP) is 2.95. The number of sulfonamides is 1. The van der Waals surface area contributed by atoms with Crippen molar-refractivity contribution in [1.29, 1.82) is 5.26 Å². The topological polar surface area (TPSA) is 139 Å². The molecule has 0 radical (unpaired) electrons. The molecule has 0 aliphatic rings. The fourth-order valence-corrected chi connectivity index (χ4v) is 3.73. The molecule has 0 aliphatic carbocycles. The molecule has 31 heavy (non-hydrogen) atoms. The summed E-state index contributed by atoms with van der Waals surface area (Å²) in [5.74, 6) is -1.48. The summed E-state index contributed by atoms with van der Waals surface area (Å²) in [6.45, 7) is 0.733. The Morgan fingerprint density at radius 1 is 1.13 bits per heavy atom. The average Bonchev–Trinajstić information content (AvgIpc) is 2.73. The van der Waals surface area contributed by atoms with E-state index in [2.05, 4.69) is 4.72 Å². The van der Waals surface area contributed by atoms with Crippen LogP contribution < -0.4 is 10.5 Å². The summed E-state index contributed by atoms with van der Waals surface area (Å²) in [7, 11) is -3.82. The third kappa shape index (κ3) is 6.54. The van der Waals surface area contributed by atoms with Crippen LogP contribution in [0.2, 0.25) is 10.0 Å². The highest BCUT2D eigenvalue weighted by Gasteiger charge is 2.17. The number of benzene rings is 2. The number of halogens is 2. The van der Waals surface area contributed by atoms with E-state index in [1.165, 1.54) is 49.4 Å². The van der Waals surface area contributed by atoms with E-state index >= 15 is 0 Å². The van der Waals surface area contributed by atoms with Crippen molar-refractivity contribution in [1.82, 2.24) is 4.72 Å². The first-order chi connectivity index (χ1) is 14.5. The molecule has 2 aromatic carbocycles. The van der Waals surface area contributed by atoms with Crippen molar-refractivity contribution in [2.24, 2.45) is 5.73 Å². The van der Waals surface area contributed by atoms with E-state index in [0.717, 1.165) is 0 Å². The molecule has 0 atom stereocenters. The van der Waals surface area contributed by atoms with E-state index in [-0.39, 0.29) is 38.3 Å². The molecule has 0 fully saturated rings. The summed E-state index contributed by atoms with van der Waals surface area (Å²) in [6.07, 6.45) is 0. The van der Waals surface area contributed by atoms with Crippen LogP contribution in [0, 0.1) is 11.3 Å². The summed E-state index contributed by atoms with van der Waals surface area (Å²) in [4.78, 5) is 23.8. The maximum absolute atomic E-state index is 12.4. The number of allylic oxidation sites excluding steroid dienone is 1. The van der Waals surface area contributed by atoms with Crippen LogP contribution in [-0.2, 0) is 26.1 Å². The van der Waals surface area contributed by atoms with Crippen molar-refractivity contribution in [2.45, 2.75) is 18.4 Å². The fraction of sp³-hybridized carbons (Fsp3) is 0.150. The summed E-state index contributed by atoms with van der Waals surface area (Å²) in [5, 5.41) is 9.23. The molecule has 0 bridgehead atoms. The maximum atomic E-state index is 12.4. The number of ketones is 1. The smallest absolute Gasteiger partial charge is 0.338 e. The number of Topliss-reactive ketones (excluding diaryl/α,β-unsaturated/α-hetero) is 1. The number of carbonyl (C=O) groups excluding carboxylic acids is 2. The molecule has 0 aromatic heterocycles. The van der Waals surface area contributed by atoms with Crippen LogP contribution in [0.15, 0.2) is 58.6 Å². The molecule has 0 saturated heterocycles. The first-order valence-electron chi connectivity index (χ1n) is 8.65. The number of nitrogens with one attached hydrogen (secondary N) is 1. The number of hydrogen-bond donors (Lipinski definition) is 2. The van der Waals surface area contributed by atoms with Gasteiger partial charge in [-0.3, -0.25) is 4.79 Å². The van der Waals surface area contributed by atoms with Gasteiger partial charge in [0.25, 0.3) is 0 Å². The van der Waals surface area contributed by atoms with Crippen LogP contribution in [0.4, 0.5) is 0 Å². The Labute approximate surface area is 189 Å². The van der Waals surface area contributed by atoms with Crippen LogP contribution in [0.3, 0.4) is 0 Å². The molecule has 162 valence electrons. The lowest BCUT2D eigenvalue weighted by molar-refractivity contribution is -0.118. The van der Waals surface area contributed by atoms with Crippen molar-refractivity contribution in [3.8, 4) is 6.07 Å². The number of carbonyl (C=O) groups is 2. The molecule has 0 aliphatic heterocycles. The van der Waals surface area contributed by atoms with E-state index in [1.807, 2.05) is 0 Å². The Balaban J connectivity index is 1.98. The van der Waals surface area contributed by atoms with Gasteiger partial charge in [0.2, 0.25) is 15.8 Å². The normalized spacial score (nSPS) is 11.9. The van der Waals surface area contributed by atoms with Crippen molar-refractivity contribution in [3.05, 3.63) is 74.9 Å². The number of rotatable bonds is 8. The van der Waals surface area contributed by atoms with Gasteiger partial charge in [-0.1, -0.05) is 35.3 Å². The zero-order valence-corrected chi connectivity index (χ0v) is 18.5. The molecule has 2 aromatic rings. The highest BCUT2D eigenvalue weighted by Crippen LogP contribution is 2.24. The molecule has 11 heteroatoms. The second kappa shape index (κ2) is 10.4. The zero-order valence-electron chi connectivity index (χ0n) is 16.2. The van der Waals surface area contributed by atoms with Crippen molar-refractivity contribution in [3.63, 3.8) is 0 Å². The highest BCUT2D eigenvalue weighted by molar-refractivity contribution is 7.89. The molecule has 0 heterocycles. The molecule has 0 unspecified atom stereocenters. The van der Waals surface area contributed by atoms with E-state index in [0.29, 0.717) is 5.56 Å². The average molecular weight is 482 g/mol. The summed E-state index contributed by atoms with van der Waals surface area (Å²) < 4.78 is 32.0. The predicted molar refractivity (Wildman–Crippen MR) is 115 cm³/mol. The van der Waals surface area contributed by atoms with E-state index in [9.17, 15) is 18.0 Å². The van der Waals surface area contributed by atoms with E-state index in [4.69, 9.17) is 38.9 Å². The van der Waals surface area contributed by atoms with Gasteiger partial charge in [0.15, 0.2) is 6.61 Å². The minimum atomic E-state index is -3.82. The van der Waals surface area contributed by atoms with E-state index < -0.39 is 28.4 Å². The number of esters is 1. The fourth-order valence-electron chi connectivity index (χ4n) is 2.32.